The van der Waals surface area contributed by atoms with Gasteiger partial charge in [-0.05, 0) is 32.0 Å². The molecule has 0 aromatic carbocycles. The minimum absolute atomic E-state index is 0.0328. The van der Waals surface area contributed by atoms with Crippen LogP contribution in [0.15, 0.2) is 0 Å². The van der Waals surface area contributed by atoms with E-state index < -0.39 is 19.7 Å². The molecule has 2 heterocycles. The zero-order valence-electron chi connectivity index (χ0n) is 17.0. The lowest BCUT2D eigenvalue weighted by molar-refractivity contribution is -0.178. The Balaban J connectivity index is 2.22. The van der Waals surface area contributed by atoms with Crippen LogP contribution in [-0.2, 0) is 23.5 Å². The molecule has 2 saturated heterocycles. The fourth-order valence-corrected chi connectivity index (χ4v) is 5.89. The number of ether oxygens (including phenoxy) is 1. The van der Waals surface area contributed by atoms with Gasteiger partial charge in [-0.3, -0.25) is 9.59 Å². The van der Waals surface area contributed by atoms with E-state index in [1.54, 1.807) is 6.92 Å². The maximum atomic E-state index is 12.9. The monoisotopic (exact) mass is 401 g/mol. The van der Waals surface area contributed by atoms with Crippen LogP contribution in [0.4, 0.5) is 0 Å². The molecule has 2 fully saturated rings. The Morgan fingerprint density at radius 3 is 2.38 bits per heavy atom. The summed E-state index contributed by atoms with van der Waals surface area (Å²) in [5.74, 6) is -1.35. The Morgan fingerprint density at radius 1 is 1.31 bits per heavy atom. The van der Waals surface area contributed by atoms with Gasteiger partial charge in [0, 0.05) is 5.92 Å². The first kappa shape index (κ1) is 21.4. The van der Waals surface area contributed by atoms with Crippen molar-refractivity contribution in [2.75, 3.05) is 6.61 Å². The lowest BCUT2D eigenvalue weighted by Crippen LogP contribution is -2.73. The smallest absolute Gasteiger partial charge is 0.339 e. The first-order valence-electron chi connectivity index (χ1n) is 9.20. The van der Waals surface area contributed by atoms with Crippen molar-refractivity contribution in [3.05, 3.63) is 0 Å². The van der Waals surface area contributed by atoms with E-state index in [-0.39, 0.29) is 46.6 Å². The second kappa shape index (κ2) is 7.28. The number of nitrogens with zero attached hydrogens (tertiary/aromatic N) is 1. The minimum atomic E-state index is -2.04. The molecule has 0 N–H and O–H groups in total. The molecule has 2 rings (SSSR count). The van der Waals surface area contributed by atoms with Crippen molar-refractivity contribution >= 4 is 37.1 Å². The molecule has 1 unspecified atom stereocenters. The number of amides is 1. The Labute approximate surface area is 161 Å². The molecule has 0 aromatic heterocycles. The highest BCUT2D eigenvalue weighted by Gasteiger charge is 2.61. The largest absolute Gasteiger partial charge is 0.464 e. The summed E-state index contributed by atoms with van der Waals surface area (Å²) >= 11 is 0.900. The predicted molar refractivity (Wildman–Crippen MR) is 104 cm³/mol. The standard InChI is InChI=1S/C18H31NO5SSi/c1-9-23-16(21)15-19-13(10(2)17(22)25-15)12(14(19)20)11(3)24-26(7,8)18(4,5)6/h10-13,15H,9H2,1-8H3/t10-,11-,12-,13-,15?/m1/s1. The average molecular weight is 402 g/mol. The fraction of sp³-hybridized carbons (Fsp3) is 0.833. The molecule has 0 aliphatic carbocycles. The molecular formula is C18H31NO5SSi. The summed E-state index contributed by atoms with van der Waals surface area (Å²) in [5, 5.41) is -0.903. The number of rotatable bonds is 5. The van der Waals surface area contributed by atoms with Gasteiger partial charge >= 0.3 is 5.97 Å². The maximum absolute atomic E-state index is 12.9. The third-order valence-corrected chi connectivity index (χ3v) is 11.7. The highest BCUT2D eigenvalue weighted by atomic mass is 32.2. The molecule has 2 aliphatic heterocycles. The lowest BCUT2D eigenvalue weighted by Gasteiger charge is -2.56. The molecule has 26 heavy (non-hydrogen) atoms. The predicted octanol–water partition coefficient (Wildman–Crippen LogP) is 3.02. The van der Waals surface area contributed by atoms with E-state index in [0.717, 1.165) is 11.8 Å². The summed E-state index contributed by atoms with van der Waals surface area (Å²) in [4.78, 5) is 39.0. The van der Waals surface area contributed by atoms with E-state index in [2.05, 4.69) is 33.9 Å². The molecule has 1 amide bonds. The SMILES string of the molecule is CCOC(=O)C1SC(=O)[C@H](C)[C@@H]2[C@@H]([C@@H](C)O[Si](C)(C)C(C)(C)C)C(=O)N12. The van der Waals surface area contributed by atoms with Gasteiger partial charge in [0.25, 0.3) is 0 Å². The maximum Gasteiger partial charge on any atom is 0.339 e. The number of esters is 1. The van der Waals surface area contributed by atoms with E-state index in [1.807, 2.05) is 13.8 Å². The molecule has 0 aromatic rings. The van der Waals surface area contributed by atoms with Gasteiger partial charge in [-0.1, -0.05) is 39.5 Å². The van der Waals surface area contributed by atoms with Gasteiger partial charge in [0.15, 0.2) is 18.8 Å². The quantitative estimate of drug-likeness (QED) is 0.400. The van der Waals surface area contributed by atoms with Crippen LogP contribution in [0.2, 0.25) is 18.1 Å². The van der Waals surface area contributed by atoms with E-state index in [1.165, 1.54) is 4.90 Å². The van der Waals surface area contributed by atoms with Crippen molar-refractivity contribution in [1.82, 2.24) is 4.90 Å². The summed E-state index contributed by atoms with van der Waals surface area (Å²) in [6.07, 6.45) is -0.286. The highest BCUT2D eigenvalue weighted by molar-refractivity contribution is 8.14. The number of fused-ring (bicyclic) bond motifs is 1. The molecule has 0 radical (unpaired) electrons. The van der Waals surface area contributed by atoms with Gasteiger partial charge in [0.05, 0.1) is 24.7 Å². The summed E-state index contributed by atoms with van der Waals surface area (Å²) < 4.78 is 11.5. The van der Waals surface area contributed by atoms with Crippen molar-refractivity contribution in [3.63, 3.8) is 0 Å². The number of β-lactam (4-membered cyclic amide) rings is 1. The Kier molecular flexibility index (Phi) is 6.00. The van der Waals surface area contributed by atoms with Crippen LogP contribution in [0.25, 0.3) is 0 Å². The average Bonchev–Trinajstić information content (AvgIpc) is 2.48. The van der Waals surface area contributed by atoms with Gasteiger partial charge in [0.2, 0.25) is 5.91 Å². The van der Waals surface area contributed by atoms with E-state index in [4.69, 9.17) is 9.16 Å². The van der Waals surface area contributed by atoms with Crippen LogP contribution in [0.3, 0.4) is 0 Å². The Hall–Kier alpha value is -0.863. The minimum Gasteiger partial charge on any atom is -0.464 e. The number of carbonyl (C=O) groups is 3. The third-order valence-electron chi connectivity index (χ3n) is 5.87. The van der Waals surface area contributed by atoms with Crippen molar-refractivity contribution in [3.8, 4) is 0 Å². The van der Waals surface area contributed by atoms with Crippen molar-refractivity contribution in [1.29, 1.82) is 0 Å². The molecule has 148 valence electrons. The Bertz CT molecular complexity index is 603. The van der Waals surface area contributed by atoms with Crippen LogP contribution < -0.4 is 0 Å². The molecule has 0 saturated carbocycles. The summed E-state index contributed by atoms with van der Waals surface area (Å²) in [7, 11) is -2.04. The van der Waals surface area contributed by atoms with E-state index in [9.17, 15) is 14.4 Å². The number of thioether (sulfide) groups is 1. The first-order valence-corrected chi connectivity index (χ1v) is 13.0. The molecule has 5 atom stereocenters. The summed E-state index contributed by atoms with van der Waals surface area (Å²) in [5.41, 5.74) is 0. The highest BCUT2D eigenvalue weighted by Crippen LogP contribution is 2.47. The van der Waals surface area contributed by atoms with Gasteiger partial charge in [-0.2, -0.15) is 0 Å². The van der Waals surface area contributed by atoms with Crippen LogP contribution in [-0.4, -0.2) is 54.3 Å². The van der Waals surface area contributed by atoms with Gasteiger partial charge in [0.1, 0.15) is 0 Å². The van der Waals surface area contributed by atoms with Crippen molar-refractivity contribution < 1.29 is 23.5 Å². The number of hydrogen-bond acceptors (Lipinski definition) is 6. The summed E-state index contributed by atoms with van der Waals surface area (Å²) in [6, 6.07) is -0.301. The molecule has 6 nitrogen and oxygen atoms in total. The molecule has 0 spiro atoms. The normalized spacial score (nSPS) is 30.5. The van der Waals surface area contributed by atoms with Crippen LogP contribution in [0.5, 0.6) is 0 Å². The van der Waals surface area contributed by atoms with Gasteiger partial charge in [-0.25, -0.2) is 4.79 Å². The second-order valence-electron chi connectivity index (χ2n) is 8.68. The number of hydrogen-bond donors (Lipinski definition) is 0. The first-order chi connectivity index (χ1) is 11.8. The van der Waals surface area contributed by atoms with Crippen molar-refractivity contribution in [2.24, 2.45) is 11.8 Å². The third kappa shape index (κ3) is 3.60. The second-order valence-corrected chi connectivity index (χ2v) is 14.5. The van der Waals surface area contributed by atoms with Crippen LogP contribution in [0, 0.1) is 11.8 Å². The van der Waals surface area contributed by atoms with Crippen LogP contribution >= 0.6 is 11.8 Å². The molecule has 2 aliphatic rings. The van der Waals surface area contributed by atoms with Gasteiger partial charge < -0.3 is 14.1 Å². The fourth-order valence-electron chi connectivity index (χ4n) is 3.36. The molecule has 8 heteroatoms. The molecular weight excluding hydrogens is 370 g/mol. The van der Waals surface area contributed by atoms with Crippen LogP contribution in [0.1, 0.15) is 41.5 Å². The van der Waals surface area contributed by atoms with E-state index in [0.29, 0.717) is 0 Å². The van der Waals surface area contributed by atoms with Gasteiger partial charge in [-0.15, -0.1) is 0 Å². The van der Waals surface area contributed by atoms with Crippen molar-refractivity contribution in [2.45, 2.75) is 77.2 Å². The Morgan fingerprint density at radius 2 is 1.88 bits per heavy atom. The molecule has 0 bridgehead atoms. The zero-order chi connectivity index (χ0) is 20.0. The van der Waals surface area contributed by atoms with E-state index >= 15 is 0 Å². The number of carbonyl (C=O) groups excluding carboxylic acids is 3. The topological polar surface area (TPSA) is 72.9 Å². The zero-order valence-corrected chi connectivity index (χ0v) is 18.8. The lowest BCUT2D eigenvalue weighted by atomic mass is 9.76. The summed E-state index contributed by atoms with van der Waals surface area (Å²) in [6.45, 7) is 16.4.